The molecule has 0 amide bonds. The Kier molecular flexibility index (Phi) is 6.79. The minimum absolute atomic E-state index is 0.223. The molecule has 1 fully saturated rings. The Labute approximate surface area is 204 Å². The van der Waals surface area contributed by atoms with Gasteiger partial charge in [0.2, 0.25) is 0 Å². The maximum Gasteiger partial charge on any atom is 0.138 e. The second-order valence-corrected chi connectivity index (χ2v) is 9.32. The zero-order chi connectivity index (χ0) is 24.2. The fraction of sp³-hybridized carbons (Fsp3) is 0.250. The van der Waals surface area contributed by atoms with Gasteiger partial charge in [-0.15, -0.1) is 10.6 Å². The molecule has 1 saturated heterocycles. The molecule has 3 N–H and O–H groups in total. The van der Waals surface area contributed by atoms with Crippen molar-refractivity contribution in [3.8, 4) is 11.3 Å². The lowest BCUT2D eigenvalue weighted by molar-refractivity contribution is 0.105. The van der Waals surface area contributed by atoms with Gasteiger partial charge in [0.1, 0.15) is 23.0 Å². The number of hydrogen-bond donors (Lipinski definition) is 3. The third kappa shape index (κ3) is 5.70. The van der Waals surface area contributed by atoms with E-state index in [1.165, 1.54) is 11.1 Å². The molecule has 0 radical (unpaired) electrons. The lowest BCUT2D eigenvalue weighted by Gasteiger charge is -2.37. The summed E-state index contributed by atoms with van der Waals surface area (Å²) in [5.41, 5.74) is 12.6. The number of furan rings is 1. The van der Waals surface area contributed by atoms with Crippen molar-refractivity contribution in [1.29, 1.82) is 0 Å². The second kappa shape index (κ2) is 10.3. The number of rotatable bonds is 5. The smallest absolute Gasteiger partial charge is 0.138 e. The number of fused-ring (bicyclic) bond motifs is 1. The number of nitrogens with zero attached hydrogens (tertiary/aromatic N) is 2. The lowest BCUT2D eigenvalue weighted by Crippen LogP contribution is -2.44. The van der Waals surface area contributed by atoms with Gasteiger partial charge in [0.05, 0.1) is 5.56 Å². The van der Waals surface area contributed by atoms with Crippen LogP contribution in [0.15, 0.2) is 82.3 Å². The van der Waals surface area contributed by atoms with Gasteiger partial charge in [0, 0.05) is 25.0 Å². The van der Waals surface area contributed by atoms with Crippen molar-refractivity contribution in [3.05, 3.63) is 95.3 Å². The molecule has 3 heterocycles. The van der Waals surface area contributed by atoms with E-state index in [9.17, 15) is 4.39 Å². The van der Waals surface area contributed by atoms with E-state index in [0.717, 1.165) is 54.3 Å². The number of hydrazone groups is 1. The standard InChI is InChI=1S/C26H24FNO.C2H6N4/c1-18-15-28(16-18)17-21-7-9-23(24(27)13-21)26-14-22-12-20(8-10-25(22)29-26)11-19-5-3-2-4-6-19;1-2-3-5-6-4-2/h2-10,12-14,18H,11,15-17H2,1H3;5-6H,1H3,(H,3,4). The highest BCUT2D eigenvalue weighted by Gasteiger charge is 2.22. The van der Waals surface area contributed by atoms with Crippen molar-refractivity contribution in [3.63, 3.8) is 0 Å². The summed E-state index contributed by atoms with van der Waals surface area (Å²) in [6.45, 7) is 7.10. The molecule has 6 nitrogen and oxygen atoms in total. The van der Waals surface area contributed by atoms with Crippen LogP contribution in [0.4, 0.5) is 4.39 Å². The van der Waals surface area contributed by atoms with E-state index in [-0.39, 0.29) is 5.82 Å². The lowest BCUT2D eigenvalue weighted by atomic mass is 10.0. The van der Waals surface area contributed by atoms with Crippen LogP contribution in [0.1, 0.15) is 30.5 Å². The van der Waals surface area contributed by atoms with Crippen LogP contribution in [-0.2, 0) is 13.0 Å². The average molecular weight is 472 g/mol. The molecule has 0 unspecified atom stereocenters. The summed E-state index contributed by atoms with van der Waals surface area (Å²) in [5, 5.41) is 4.69. The molecule has 0 bridgehead atoms. The fourth-order valence-corrected chi connectivity index (χ4v) is 4.50. The van der Waals surface area contributed by atoms with Gasteiger partial charge in [-0.3, -0.25) is 10.3 Å². The van der Waals surface area contributed by atoms with E-state index in [0.29, 0.717) is 11.3 Å². The van der Waals surface area contributed by atoms with Crippen molar-refractivity contribution in [2.45, 2.75) is 26.8 Å². The maximum absolute atomic E-state index is 14.8. The monoisotopic (exact) mass is 471 g/mol. The van der Waals surface area contributed by atoms with Gasteiger partial charge in [0.25, 0.3) is 0 Å². The van der Waals surface area contributed by atoms with Crippen LogP contribution in [0, 0.1) is 11.7 Å². The minimum atomic E-state index is -0.223. The summed E-state index contributed by atoms with van der Waals surface area (Å²) in [5.74, 6) is 1.97. The maximum atomic E-state index is 14.8. The highest BCUT2D eigenvalue weighted by Crippen LogP contribution is 2.31. The van der Waals surface area contributed by atoms with Gasteiger partial charge in [-0.05, 0) is 66.3 Å². The van der Waals surface area contributed by atoms with Gasteiger partial charge in [-0.25, -0.2) is 9.93 Å². The first-order chi connectivity index (χ1) is 17.0. The third-order valence-corrected chi connectivity index (χ3v) is 6.20. The molecule has 2 aliphatic heterocycles. The number of amidine groups is 1. The van der Waals surface area contributed by atoms with Gasteiger partial charge < -0.3 is 4.42 Å². The van der Waals surface area contributed by atoms with Crippen molar-refractivity contribution >= 4 is 16.8 Å². The number of hydrogen-bond acceptors (Lipinski definition) is 6. The first-order valence-corrected chi connectivity index (χ1v) is 11.9. The minimum Gasteiger partial charge on any atom is -0.456 e. The average Bonchev–Trinajstić information content (AvgIpc) is 3.48. The Hall–Kier alpha value is -3.68. The Bertz CT molecular complexity index is 1330. The first kappa shape index (κ1) is 23.1. The fourth-order valence-electron chi connectivity index (χ4n) is 4.50. The van der Waals surface area contributed by atoms with Crippen molar-refractivity contribution in [1.82, 2.24) is 21.4 Å². The molecule has 2 aliphatic rings. The van der Waals surface area contributed by atoms with Crippen LogP contribution in [-0.4, -0.2) is 23.8 Å². The molecule has 6 rings (SSSR count). The van der Waals surface area contributed by atoms with E-state index in [2.05, 4.69) is 69.8 Å². The Morgan fingerprint density at radius 1 is 0.971 bits per heavy atom. The summed E-state index contributed by atoms with van der Waals surface area (Å²) in [7, 11) is 0. The van der Waals surface area contributed by atoms with Gasteiger partial charge >= 0.3 is 0 Å². The molecular weight excluding hydrogens is 441 g/mol. The SMILES string of the molecule is CC1=NNNN1.CC1CN(Cc2ccc(-c3cc4cc(Cc5ccccc5)ccc4o3)c(F)c2)C1. The highest BCUT2D eigenvalue weighted by atomic mass is 19.1. The molecule has 1 aromatic heterocycles. The van der Waals surface area contributed by atoms with Crippen LogP contribution in [0.2, 0.25) is 0 Å². The van der Waals surface area contributed by atoms with E-state index in [1.807, 2.05) is 37.3 Å². The van der Waals surface area contributed by atoms with Crippen LogP contribution in [0.25, 0.3) is 22.3 Å². The predicted molar refractivity (Wildman–Crippen MR) is 138 cm³/mol. The Morgan fingerprint density at radius 2 is 1.77 bits per heavy atom. The summed E-state index contributed by atoms with van der Waals surface area (Å²) in [4.78, 5) is 2.34. The van der Waals surface area contributed by atoms with Gasteiger partial charge in [-0.2, -0.15) is 0 Å². The summed E-state index contributed by atoms with van der Waals surface area (Å²) in [6, 6.07) is 24.0. The molecular formula is C28H30FN5O. The van der Waals surface area contributed by atoms with Crippen molar-refractivity contribution < 1.29 is 8.81 Å². The summed E-state index contributed by atoms with van der Waals surface area (Å²) in [6.07, 6.45) is 0.871. The molecule has 0 atom stereocenters. The Morgan fingerprint density at radius 3 is 2.43 bits per heavy atom. The number of nitrogens with one attached hydrogen (secondary N) is 3. The second-order valence-electron chi connectivity index (χ2n) is 9.32. The van der Waals surface area contributed by atoms with E-state index in [1.54, 1.807) is 6.07 Å². The van der Waals surface area contributed by atoms with Crippen LogP contribution >= 0.6 is 0 Å². The summed E-state index contributed by atoms with van der Waals surface area (Å²) < 4.78 is 20.8. The molecule has 180 valence electrons. The van der Waals surface area contributed by atoms with Gasteiger partial charge in [-0.1, -0.05) is 49.4 Å². The number of benzene rings is 3. The molecule has 0 spiro atoms. The summed E-state index contributed by atoms with van der Waals surface area (Å²) >= 11 is 0. The molecule has 4 aromatic rings. The molecule has 0 saturated carbocycles. The molecule has 3 aromatic carbocycles. The van der Waals surface area contributed by atoms with E-state index >= 15 is 0 Å². The normalized spacial score (nSPS) is 15.6. The Balaban J connectivity index is 0.000000371. The number of likely N-dealkylation sites (tertiary alicyclic amines) is 1. The molecule has 0 aliphatic carbocycles. The topological polar surface area (TPSA) is 64.8 Å². The molecule has 35 heavy (non-hydrogen) atoms. The first-order valence-electron chi connectivity index (χ1n) is 11.9. The van der Waals surface area contributed by atoms with Gasteiger partial charge in [0.15, 0.2) is 0 Å². The van der Waals surface area contributed by atoms with Crippen LogP contribution in [0.5, 0.6) is 0 Å². The van der Waals surface area contributed by atoms with Crippen molar-refractivity contribution in [2.24, 2.45) is 11.0 Å². The zero-order valence-corrected chi connectivity index (χ0v) is 20.0. The van der Waals surface area contributed by atoms with E-state index in [4.69, 9.17) is 4.42 Å². The number of halogens is 1. The van der Waals surface area contributed by atoms with Crippen molar-refractivity contribution in [2.75, 3.05) is 13.1 Å². The highest BCUT2D eigenvalue weighted by molar-refractivity contribution is 5.83. The van der Waals surface area contributed by atoms with Crippen LogP contribution in [0.3, 0.4) is 0 Å². The van der Waals surface area contributed by atoms with Crippen LogP contribution < -0.4 is 16.5 Å². The third-order valence-electron chi connectivity index (χ3n) is 6.20. The molecule has 7 heteroatoms. The predicted octanol–water partition coefficient (Wildman–Crippen LogP) is 5.21. The van der Waals surface area contributed by atoms with E-state index < -0.39 is 0 Å². The zero-order valence-electron chi connectivity index (χ0n) is 20.0. The quantitative estimate of drug-likeness (QED) is 0.373. The largest absolute Gasteiger partial charge is 0.456 e. The number of hydrazine groups is 2.